The molecule has 1 fully saturated rings. The maximum absolute atomic E-state index is 12.8. The van der Waals surface area contributed by atoms with Crippen molar-refractivity contribution in [1.82, 2.24) is 10.2 Å². The zero-order chi connectivity index (χ0) is 22.2. The van der Waals surface area contributed by atoms with E-state index in [9.17, 15) is 9.59 Å². The van der Waals surface area contributed by atoms with Gasteiger partial charge in [0, 0.05) is 23.1 Å². The second-order valence-electron chi connectivity index (χ2n) is 7.57. The normalized spacial score (nSPS) is 14.6. The highest BCUT2D eigenvalue weighted by Gasteiger charge is 2.19. The number of rotatable bonds is 8. The van der Waals surface area contributed by atoms with Gasteiger partial charge in [-0.3, -0.25) is 9.59 Å². The Balaban J connectivity index is 1.65. The van der Waals surface area contributed by atoms with Crippen LogP contribution >= 0.6 is 15.9 Å². The van der Waals surface area contributed by atoms with Crippen molar-refractivity contribution < 1.29 is 19.1 Å². The molecule has 6 nitrogen and oxygen atoms in total. The van der Waals surface area contributed by atoms with Crippen molar-refractivity contribution in [3.63, 3.8) is 0 Å². The average molecular weight is 489 g/mol. The highest BCUT2D eigenvalue weighted by atomic mass is 79.9. The van der Waals surface area contributed by atoms with Gasteiger partial charge in [0.2, 0.25) is 0 Å². The lowest BCUT2D eigenvalue weighted by Crippen LogP contribution is -2.38. The van der Waals surface area contributed by atoms with E-state index in [4.69, 9.17) is 9.47 Å². The van der Waals surface area contributed by atoms with E-state index in [1.807, 2.05) is 43.0 Å². The molecule has 1 saturated heterocycles. The van der Waals surface area contributed by atoms with Crippen LogP contribution in [0.4, 0.5) is 0 Å². The minimum Gasteiger partial charge on any atom is -0.490 e. The van der Waals surface area contributed by atoms with Gasteiger partial charge in [-0.1, -0.05) is 28.1 Å². The molecule has 2 amide bonds. The molecule has 0 bridgehead atoms. The van der Waals surface area contributed by atoms with Gasteiger partial charge in [-0.15, -0.1) is 0 Å². The summed E-state index contributed by atoms with van der Waals surface area (Å²) in [4.78, 5) is 27.0. The molecule has 0 aliphatic carbocycles. The fourth-order valence-corrected chi connectivity index (χ4v) is 3.97. The van der Waals surface area contributed by atoms with Gasteiger partial charge in [0.05, 0.1) is 12.6 Å². The summed E-state index contributed by atoms with van der Waals surface area (Å²) in [6.07, 6.45) is 3.25. The lowest BCUT2D eigenvalue weighted by atomic mass is 10.1. The van der Waals surface area contributed by atoms with E-state index < -0.39 is 0 Å². The van der Waals surface area contributed by atoms with Crippen LogP contribution in [0.2, 0.25) is 0 Å². The van der Waals surface area contributed by atoms with Crippen LogP contribution in [0.15, 0.2) is 46.9 Å². The average Bonchev–Trinajstić information content (AvgIpc) is 2.78. The number of carbonyl (C=O) groups excluding carboxylic acids is 2. The number of piperidine rings is 1. The van der Waals surface area contributed by atoms with Crippen molar-refractivity contribution in [1.29, 1.82) is 0 Å². The number of amides is 2. The van der Waals surface area contributed by atoms with Crippen molar-refractivity contribution in [2.75, 3.05) is 26.3 Å². The summed E-state index contributed by atoms with van der Waals surface area (Å²) in [7, 11) is 0. The molecule has 0 radical (unpaired) electrons. The highest BCUT2D eigenvalue weighted by molar-refractivity contribution is 9.10. The summed E-state index contributed by atoms with van der Waals surface area (Å²) in [5, 5.41) is 3.00. The number of nitrogens with one attached hydrogen (secondary N) is 1. The Hall–Kier alpha value is -2.54. The van der Waals surface area contributed by atoms with Crippen LogP contribution in [-0.4, -0.2) is 43.0 Å². The van der Waals surface area contributed by atoms with Gasteiger partial charge in [-0.25, -0.2) is 0 Å². The molecular weight excluding hydrogens is 460 g/mol. The molecule has 31 heavy (non-hydrogen) atoms. The maximum atomic E-state index is 12.8. The molecule has 1 atom stereocenters. The molecule has 1 unspecified atom stereocenters. The van der Waals surface area contributed by atoms with E-state index in [-0.39, 0.29) is 24.5 Å². The van der Waals surface area contributed by atoms with E-state index >= 15 is 0 Å². The van der Waals surface area contributed by atoms with Crippen LogP contribution in [0.25, 0.3) is 0 Å². The van der Waals surface area contributed by atoms with E-state index in [2.05, 4.69) is 21.2 Å². The van der Waals surface area contributed by atoms with Gasteiger partial charge in [-0.2, -0.15) is 0 Å². The Morgan fingerprint density at radius 3 is 2.55 bits per heavy atom. The van der Waals surface area contributed by atoms with Crippen LogP contribution < -0.4 is 14.8 Å². The minimum atomic E-state index is -0.204. The minimum absolute atomic E-state index is 0.0215. The molecule has 0 spiro atoms. The van der Waals surface area contributed by atoms with Gasteiger partial charge >= 0.3 is 0 Å². The summed E-state index contributed by atoms with van der Waals surface area (Å²) in [5.74, 6) is 0.691. The third kappa shape index (κ3) is 6.47. The second kappa shape index (κ2) is 11.2. The van der Waals surface area contributed by atoms with E-state index in [1.165, 1.54) is 6.42 Å². The van der Waals surface area contributed by atoms with Crippen molar-refractivity contribution in [3.05, 3.63) is 58.1 Å². The second-order valence-corrected chi connectivity index (χ2v) is 8.49. The van der Waals surface area contributed by atoms with Crippen molar-refractivity contribution in [3.8, 4) is 11.5 Å². The van der Waals surface area contributed by atoms with Gasteiger partial charge in [0.1, 0.15) is 0 Å². The predicted molar refractivity (Wildman–Crippen MR) is 124 cm³/mol. The zero-order valence-corrected chi connectivity index (χ0v) is 19.6. The number of likely N-dealkylation sites (tertiary alicyclic amines) is 1. The largest absolute Gasteiger partial charge is 0.490 e. The van der Waals surface area contributed by atoms with E-state index in [0.717, 1.165) is 36.0 Å². The molecule has 2 aromatic carbocycles. The first-order chi connectivity index (χ1) is 15.0. The number of ether oxygens (including phenoxy) is 2. The number of nitrogens with zero attached hydrogens (tertiary/aromatic N) is 1. The molecular formula is C24H29BrN2O4. The quantitative estimate of drug-likeness (QED) is 0.582. The van der Waals surface area contributed by atoms with Gasteiger partial charge in [-0.05, 0) is 69.0 Å². The number of benzene rings is 2. The van der Waals surface area contributed by atoms with Gasteiger partial charge in [0.15, 0.2) is 18.1 Å². The predicted octanol–water partition coefficient (Wildman–Crippen LogP) is 4.73. The Morgan fingerprint density at radius 1 is 1.06 bits per heavy atom. The monoisotopic (exact) mass is 488 g/mol. The first-order valence-electron chi connectivity index (χ1n) is 10.7. The Labute approximate surface area is 192 Å². The van der Waals surface area contributed by atoms with Crippen LogP contribution in [0.1, 0.15) is 55.1 Å². The lowest BCUT2D eigenvalue weighted by Gasteiger charge is -2.26. The molecule has 2 aromatic rings. The molecule has 0 aromatic heterocycles. The fourth-order valence-electron chi connectivity index (χ4n) is 3.55. The third-order valence-corrected chi connectivity index (χ3v) is 5.76. The molecule has 1 aliphatic heterocycles. The van der Waals surface area contributed by atoms with Crippen LogP contribution in [-0.2, 0) is 4.79 Å². The highest BCUT2D eigenvalue weighted by Crippen LogP contribution is 2.29. The molecule has 3 rings (SSSR count). The SMILES string of the molecule is CCOc1cc(C(=O)NC(C)c2cccc(Br)c2)ccc1OCC(=O)N1CCCCC1. The Kier molecular flexibility index (Phi) is 8.35. The number of hydrogen-bond donors (Lipinski definition) is 1. The van der Waals surface area contributed by atoms with Crippen molar-refractivity contribution in [2.45, 2.75) is 39.2 Å². The Bertz CT molecular complexity index is 912. The summed E-state index contributed by atoms with van der Waals surface area (Å²) in [6.45, 7) is 5.77. The standard InChI is InChI=1S/C24H29BrN2O4/c1-3-30-22-15-19(24(29)26-17(2)18-8-7-9-20(25)14-18)10-11-21(22)31-16-23(28)27-12-5-4-6-13-27/h7-11,14-15,17H,3-6,12-13,16H2,1-2H3,(H,26,29). The van der Waals surface area contributed by atoms with Crippen LogP contribution in [0.5, 0.6) is 11.5 Å². The van der Waals surface area contributed by atoms with Gasteiger partial charge in [0.25, 0.3) is 11.8 Å². The van der Waals surface area contributed by atoms with Gasteiger partial charge < -0.3 is 19.7 Å². The summed E-state index contributed by atoms with van der Waals surface area (Å²) >= 11 is 3.46. The smallest absolute Gasteiger partial charge is 0.260 e. The third-order valence-electron chi connectivity index (χ3n) is 5.26. The topological polar surface area (TPSA) is 67.9 Å². The number of hydrogen-bond acceptors (Lipinski definition) is 4. The molecule has 1 aliphatic rings. The summed E-state index contributed by atoms with van der Waals surface area (Å²) < 4.78 is 12.4. The van der Waals surface area contributed by atoms with Crippen LogP contribution in [0.3, 0.4) is 0 Å². The van der Waals surface area contributed by atoms with E-state index in [0.29, 0.717) is 23.7 Å². The number of halogens is 1. The summed E-state index contributed by atoms with van der Waals surface area (Å²) in [5.41, 5.74) is 1.48. The van der Waals surface area contributed by atoms with E-state index in [1.54, 1.807) is 18.2 Å². The molecule has 7 heteroatoms. The van der Waals surface area contributed by atoms with Crippen LogP contribution in [0, 0.1) is 0 Å². The van der Waals surface area contributed by atoms with Crippen molar-refractivity contribution in [2.24, 2.45) is 0 Å². The molecule has 166 valence electrons. The Morgan fingerprint density at radius 2 is 1.84 bits per heavy atom. The molecule has 0 saturated carbocycles. The molecule has 1 heterocycles. The zero-order valence-electron chi connectivity index (χ0n) is 18.0. The first-order valence-corrected chi connectivity index (χ1v) is 11.5. The maximum Gasteiger partial charge on any atom is 0.260 e. The first kappa shape index (κ1) is 23.1. The number of carbonyl (C=O) groups is 2. The van der Waals surface area contributed by atoms with Crippen molar-refractivity contribution >= 4 is 27.7 Å². The fraction of sp³-hybridized carbons (Fsp3) is 0.417. The molecule has 1 N–H and O–H groups in total. The lowest BCUT2D eigenvalue weighted by molar-refractivity contribution is -0.134. The summed E-state index contributed by atoms with van der Waals surface area (Å²) in [6, 6.07) is 12.7.